The summed E-state index contributed by atoms with van der Waals surface area (Å²) in [4.78, 5) is 16.6. The van der Waals surface area contributed by atoms with E-state index in [0.29, 0.717) is 0 Å². The Labute approximate surface area is 114 Å². The summed E-state index contributed by atoms with van der Waals surface area (Å²) >= 11 is 3.36. The number of pyridine rings is 1. The molecule has 90 valence electrons. The molecule has 1 aromatic carbocycles. The zero-order chi connectivity index (χ0) is 12.5. The Kier molecular flexibility index (Phi) is 3.00. The number of Topliss-reactive ketones (excluding diaryl/α,β-unsaturated/α-hetero) is 1. The number of fused-ring (bicyclic) bond motifs is 1. The van der Waals surface area contributed by atoms with Crippen LogP contribution in [0.3, 0.4) is 0 Å². The Bertz CT molecular complexity index is 592. The van der Waals surface area contributed by atoms with Crippen molar-refractivity contribution in [2.24, 2.45) is 5.92 Å². The van der Waals surface area contributed by atoms with Crippen molar-refractivity contribution in [2.45, 2.75) is 12.8 Å². The number of carbonyl (C=O) groups is 1. The molecule has 0 fully saturated rings. The predicted octanol–water partition coefficient (Wildman–Crippen LogP) is 3.44. The molecule has 0 amide bonds. The van der Waals surface area contributed by atoms with Gasteiger partial charge in [0.25, 0.3) is 0 Å². The van der Waals surface area contributed by atoms with Crippen molar-refractivity contribution in [3.8, 4) is 0 Å². The van der Waals surface area contributed by atoms with Gasteiger partial charge in [0.05, 0.1) is 0 Å². The average molecular weight is 302 g/mol. The van der Waals surface area contributed by atoms with Crippen LogP contribution in [0.4, 0.5) is 0 Å². The highest BCUT2D eigenvalue weighted by Gasteiger charge is 2.30. The molecule has 1 aromatic heterocycles. The molecule has 2 nitrogen and oxygen atoms in total. The van der Waals surface area contributed by atoms with E-state index < -0.39 is 0 Å². The molecule has 1 atom stereocenters. The van der Waals surface area contributed by atoms with Gasteiger partial charge >= 0.3 is 0 Å². The van der Waals surface area contributed by atoms with Crippen LogP contribution in [0.25, 0.3) is 0 Å². The fraction of sp³-hybridized carbons (Fsp3) is 0.200. The van der Waals surface area contributed by atoms with Crippen molar-refractivity contribution < 1.29 is 4.79 Å². The summed E-state index contributed by atoms with van der Waals surface area (Å²) in [5.41, 5.74) is 3.04. The number of benzene rings is 1. The van der Waals surface area contributed by atoms with Crippen molar-refractivity contribution in [1.82, 2.24) is 4.98 Å². The second-order valence-corrected chi connectivity index (χ2v) is 5.51. The number of hydrogen-bond donors (Lipinski definition) is 0. The van der Waals surface area contributed by atoms with Gasteiger partial charge in [0.2, 0.25) is 0 Å². The Morgan fingerprint density at radius 1 is 1.22 bits per heavy atom. The number of ketones is 1. The van der Waals surface area contributed by atoms with Crippen LogP contribution >= 0.6 is 15.9 Å². The molecule has 0 radical (unpaired) electrons. The molecule has 1 unspecified atom stereocenters. The summed E-state index contributed by atoms with van der Waals surface area (Å²) in [6.45, 7) is 0. The molecular formula is C15H12BrNO. The van der Waals surface area contributed by atoms with Crippen molar-refractivity contribution in [2.75, 3.05) is 0 Å². The SMILES string of the molecule is O=C1c2ccccc2CC1Cc1ccc(Br)cn1. The zero-order valence-electron chi connectivity index (χ0n) is 9.77. The van der Waals surface area contributed by atoms with Crippen molar-refractivity contribution >= 4 is 21.7 Å². The summed E-state index contributed by atoms with van der Waals surface area (Å²) in [6, 6.07) is 11.8. The van der Waals surface area contributed by atoms with Crippen LogP contribution in [0, 0.1) is 5.92 Å². The van der Waals surface area contributed by atoms with E-state index in [2.05, 4.69) is 20.9 Å². The van der Waals surface area contributed by atoms with E-state index in [0.717, 1.165) is 28.6 Å². The number of halogens is 1. The van der Waals surface area contributed by atoms with Gasteiger partial charge in [-0.1, -0.05) is 24.3 Å². The van der Waals surface area contributed by atoms with Crippen molar-refractivity contribution in [3.05, 3.63) is 63.9 Å². The highest BCUT2D eigenvalue weighted by atomic mass is 79.9. The standard InChI is InChI=1S/C15H12BrNO/c16-12-5-6-13(17-9-12)8-11-7-10-3-1-2-4-14(10)15(11)18/h1-6,9,11H,7-8H2. The molecule has 3 rings (SSSR count). The second-order valence-electron chi connectivity index (χ2n) is 4.59. The lowest BCUT2D eigenvalue weighted by Crippen LogP contribution is -2.12. The van der Waals surface area contributed by atoms with E-state index in [1.165, 1.54) is 5.56 Å². The van der Waals surface area contributed by atoms with Gasteiger partial charge < -0.3 is 0 Å². The number of aromatic nitrogens is 1. The minimum Gasteiger partial charge on any atom is -0.294 e. The topological polar surface area (TPSA) is 30.0 Å². The first-order valence-corrected chi connectivity index (χ1v) is 6.76. The number of hydrogen-bond acceptors (Lipinski definition) is 2. The Balaban J connectivity index is 1.81. The molecule has 0 spiro atoms. The van der Waals surface area contributed by atoms with Gasteiger partial charge in [-0.15, -0.1) is 0 Å². The summed E-state index contributed by atoms with van der Waals surface area (Å²) in [7, 11) is 0. The van der Waals surface area contributed by atoms with Crippen molar-refractivity contribution in [3.63, 3.8) is 0 Å². The van der Waals surface area contributed by atoms with E-state index in [1.807, 2.05) is 36.4 Å². The quantitative estimate of drug-likeness (QED) is 0.850. The Hall–Kier alpha value is -1.48. The first-order chi connectivity index (χ1) is 8.74. The third kappa shape index (κ3) is 2.10. The van der Waals surface area contributed by atoms with Crippen molar-refractivity contribution in [1.29, 1.82) is 0 Å². The summed E-state index contributed by atoms with van der Waals surface area (Å²) in [5.74, 6) is 0.311. The maximum Gasteiger partial charge on any atom is 0.166 e. The Morgan fingerprint density at radius 2 is 2.06 bits per heavy atom. The van der Waals surface area contributed by atoms with Gasteiger partial charge in [0.1, 0.15) is 0 Å². The van der Waals surface area contributed by atoms with Crippen LogP contribution < -0.4 is 0 Å². The van der Waals surface area contributed by atoms with E-state index >= 15 is 0 Å². The van der Waals surface area contributed by atoms with E-state index in [4.69, 9.17) is 0 Å². The summed E-state index contributed by atoms with van der Waals surface area (Å²) in [5, 5.41) is 0. The fourth-order valence-corrected chi connectivity index (χ4v) is 2.70. The first kappa shape index (κ1) is 11.6. The van der Waals surface area contributed by atoms with Gasteiger partial charge in [-0.2, -0.15) is 0 Å². The van der Waals surface area contributed by atoms with Crippen LogP contribution in [0.1, 0.15) is 21.6 Å². The van der Waals surface area contributed by atoms with E-state index in [-0.39, 0.29) is 11.7 Å². The number of rotatable bonds is 2. The average Bonchev–Trinajstić information content (AvgIpc) is 2.70. The van der Waals surface area contributed by atoms with Crippen LogP contribution in [-0.2, 0) is 12.8 Å². The zero-order valence-corrected chi connectivity index (χ0v) is 11.4. The van der Waals surface area contributed by atoms with Crippen LogP contribution in [-0.4, -0.2) is 10.8 Å². The van der Waals surface area contributed by atoms with E-state index in [9.17, 15) is 4.79 Å². The van der Waals surface area contributed by atoms with Crippen LogP contribution in [0.15, 0.2) is 47.1 Å². The number of carbonyl (C=O) groups excluding carboxylic acids is 1. The molecule has 0 saturated heterocycles. The molecule has 3 heteroatoms. The lowest BCUT2D eigenvalue weighted by Gasteiger charge is -2.06. The predicted molar refractivity (Wildman–Crippen MR) is 73.6 cm³/mol. The second kappa shape index (κ2) is 4.65. The monoisotopic (exact) mass is 301 g/mol. The largest absolute Gasteiger partial charge is 0.294 e. The van der Waals surface area contributed by atoms with Gasteiger partial charge in [-0.05, 0) is 40.0 Å². The molecule has 0 aliphatic heterocycles. The molecule has 0 N–H and O–H groups in total. The van der Waals surface area contributed by atoms with Gasteiger partial charge in [0, 0.05) is 34.3 Å². The maximum absolute atomic E-state index is 12.2. The lowest BCUT2D eigenvalue weighted by atomic mass is 9.99. The Morgan fingerprint density at radius 3 is 2.78 bits per heavy atom. The normalized spacial score (nSPS) is 17.8. The molecule has 18 heavy (non-hydrogen) atoms. The molecule has 1 aliphatic rings. The summed E-state index contributed by atoms with van der Waals surface area (Å²) in [6.07, 6.45) is 3.34. The third-order valence-electron chi connectivity index (χ3n) is 3.36. The maximum atomic E-state index is 12.2. The van der Waals surface area contributed by atoms with Crippen LogP contribution in [0.5, 0.6) is 0 Å². The molecule has 0 bridgehead atoms. The molecule has 2 aromatic rings. The lowest BCUT2D eigenvalue weighted by molar-refractivity contribution is 0.0935. The van der Waals surface area contributed by atoms with Gasteiger partial charge in [0.15, 0.2) is 5.78 Å². The summed E-state index contributed by atoms with van der Waals surface area (Å²) < 4.78 is 0.965. The van der Waals surface area contributed by atoms with E-state index in [1.54, 1.807) is 6.20 Å². The first-order valence-electron chi connectivity index (χ1n) is 5.96. The molecular weight excluding hydrogens is 290 g/mol. The third-order valence-corrected chi connectivity index (χ3v) is 3.83. The minimum atomic E-state index is 0.0519. The van der Waals surface area contributed by atoms with Gasteiger partial charge in [-0.3, -0.25) is 9.78 Å². The molecule has 1 heterocycles. The molecule has 0 saturated carbocycles. The minimum absolute atomic E-state index is 0.0519. The highest BCUT2D eigenvalue weighted by Crippen LogP contribution is 2.28. The molecule has 1 aliphatic carbocycles. The van der Waals surface area contributed by atoms with Gasteiger partial charge in [-0.25, -0.2) is 0 Å². The van der Waals surface area contributed by atoms with Crippen LogP contribution in [0.2, 0.25) is 0 Å². The fourth-order valence-electron chi connectivity index (χ4n) is 2.46. The number of nitrogens with zero attached hydrogens (tertiary/aromatic N) is 1. The highest BCUT2D eigenvalue weighted by molar-refractivity contribution is 9.10. The smallest absolute Gasteiger partial charge is 0.166 e.